The average molecular weight is 536 g/mol. The van der Waals surface area contributed by atoms with E-state index in [1.54, 1.807) is 0 Å². The number of halogens is 12. The number of hydrogen-bond donors (Lipinski definition) is 2. The van der Waals surface area contributed by atoms with Crippen LogP contribution < -0.4 is 9.13 Å². The zero-order chi connectivity index (χ0) is 25.6. The van der Waals surface area contributed by atoms with Crippen LogP contribution in [0.1, 0.15) is 0 Å². The molecule has 2 aromatic rings. The standard InChI is InChI=1S/C14H18N2O2.2F6P/c17-11-9-15-5-1-13(2-6-15)14-3-7-16(8-4-14)10-12-18;2*1-7(2,3,4,5)6/h1-8,17-18H,9-12H2;;/q+2;2*-1. The van der Waals surface area contributed by atoms with Crippen LogP contribution in [0.2, 0.25) is 0 Å². The summed E-state index contributed by atoms with van der Waals surface area (Å²) >= 11 is 0. The Labute approximate surface area is 172 Å². The first-order chi connectivity index (χ1) is 13.7. The molecule has 190 valence electrons. The molecule has 0 radical (unpaired) electrons. The van der Waals surface area contributed by atoms with E-state index in [-0.39, 0.29) is 13.2 Å². The van der Waals surface area contributed by atoms with Gasteiger partial charge in [-0.2, -0.15) is 0 Å². The van der Waals surface area contributed by atoms with Crippen LogP contribution in [0, 0.1) is 0 Å². The minimum Gasteiger partial charge on any atom is -0.390 e. The summed E-state index contributed by atoms with van der Waals surface area (Å²) in [4.78, 5) is 0. The Bertz CT molecular complexity index is 769. The molecule has 0 aliphatic heterocycles. The van der Waals surface area contributed by atoms with Crippen LogP contribution in [0.25, 0.3) is 11.1 Å². The van der Waals surface area contributed by atoms with Gasteiger partial charge < -0.3 is 10.2 Å². The molecule has 0 fully saturated rings. The summed E-state index contributed by atoms with van der Waals surface area (Å²) in [6.07, 6.45) is 7.83. The zero-order valence-electron chi connectivity index (χ0n) is 15.7. The summed E-state index contributed by atoms with van der Waals surface area (Å²) in [6.45, 7) is 1.53. The molecule has 0 aromatic carbocycles. The maximum atomic E-state index is 9.87. The Balaban J connectivity index is 0.000000570. The molecule has 0 amide bonds. The van der Waals surface area contributed by atoms with Crippen LogP contribution in [0.5, 0.6) is 0 Å². The van der Waals surface area contributed by atoms with E-state index in [1.807, 2.05) is 58.2 Å². The molecule has 0 atom stereocenters. The minimum absolute atomic E-state index is 0.149. The molecule has 0 saturated carbocycles. The van der Waals surface area contributed by atoms with Gasteiger partial charge in [0, 0.05) is 24.3 Å². The number of pyridine rings is 2. The van der Waals surface area contributed by atoms with E-state index in [4.69, 9.17) is 10.2 Å². The summed E-state index contributed by atoms with van der Waals surface area (Å²) in [7, 11) is -21.3. The second-order valence-corrected chi connectivity index (χ2v) is 9.85. The third-order valence-corrected chi connectivity index (χ3v) is 2.83. The summed E-state index contributed by atoms with van der Waals surface area (Å²) in [5.41, 5.74) is 2.28. The van der Waals surface area contributed by atoms with Crippen molar-refractivity contribution in [2.24, 2.45) is 0 Å². The molecule has 2 heterocycles. The van der Waals surface area contributed by atoms with Gasteiger partial charge in [-0.25, -0.2) is 9.13 Å². The maximum absolute atomic E-state index is 10.7. The number of aromatic nitrogens is 2. The van der Waals surface area contributed by atoms with Crippen molar-refractivity contribution in [3.05, 3.63) is 49.1 Å². The van der Waals surface area contributed by atoms with Gasteiger partial charge in [0.25, 0.3) is 0 Å². The Morgan fingerprint density at radius 3 is 0.844 bits per heavy atom. The van der Waals surface area contributed by atoms with E-state index in [0.717, 1.165) is 11.1 Å². The molecule has 18 heteroatoms. The van der Waals surface area contributed by atoms with E-state index in [2.05, 4.69) is 0 Å². The van der Waals surface area contributed by atoms with Gasteiger partial charge in [0.1, 0.15) is 13.2 Å². The maximum Gasteiger partial charge on any atom is 0.171 e. The second kappa shape index (κ2) is 8.54. The van der Waals surface area contributed by atoms with E-state index in [9.17, 15) is 50.4 Å². The molecule has 2 N–H and O–H groups in total. The molecule has 0 saturated heterocycles. The van der Waals surface area contributed by atoms with Crippen LogP contribution in [0.4, 0.5) is 50.4 Å². The number of aliphatic hydroxyl groups excluding tert-OH is 2. The van der Waals surface area contributed by atoms with Crippen molar-refractivity contribution >= 4 is 15.6 Å². The zero-order valence-corrected chi connectivity index (χ0v) is 17.5. The Kier molecular flexibility index (Phi) is 8.07. The molecule has 2 aromatic heterocycles. The Hall–Kier alpha value is -1.76. The SMILES string of the molecule is F[P-](F)(F)(F)(F)F.F[P-](F)(F)(F)(F)F.OCC[n+]1ccc(-c2cc[n+](CCO)cc2)cc1. The average Bonchev–Trinajstić information content (AvgIpc) is 2.51. The summed E-state index contributed by atoms with van der Waals surface area (Å²) in [5, 5.41) is 17.7. The molecule has 0 unspecified atom stereocenters. The fourth-order valence-corrected chi connectivity index (χ4v) is 1.83. The predicted molar refractivity (Wildman–Crippen MR) is 93.6 cm³/mol. The molecular formula is C14H18F12N2O2P2. The topological polar surface area (TPSA) is 48.2 Å². The molecule has 0 aliphatic rings. The molecule has 0 aliphatic carbocycles. The van der Waals surface area contributed by atoms with Gasteiger partial charge in [0.05, 0.1) is 0 Å². The summed E-state index contributed by atoms with van der Waals surface area (Å²) in [6, 6.07) is 8.12. The molecule has 4 nitrogen and oxygen atoms in total. The second-order valence-electron chi connectivity index (χ2n) is 6.01. The quantitative estimate of drug-likeness (QED) is 0.255. The van der Waals surface area contributed by atoms with Crippen molar-refractivity contribution in [2.45, 2.75) is 13.1 Å². The normalized spacial score (nSPS) is 16.1. The summed E-state index contributed by atoms with van der Waals surface area (Å²) in [5.74, 6) is 0. The van der Waals surface area contributed by atoms with Crippen molar-refractivity contribution in [1.82, 2.24) is 0 Å². The molecule has 0 bridgehead atoms. The number of rotatable bonds is 5. The third kappa shape index (κ3) is 26.3. The predicted octanol–water partition coefficient (Wildman–Crippen LogP) is 6.68. The van der Waals surface area contributed by atoms with Crippen LogP contribution in [0.15, 0.2) is 49.1 Å². The Morgan fingerprint density at radius 1 is 0.500 bits per heavy atom. The third-order valence-electron chi connectivity index (χ3n) is 2.83. The van der Waals surface area contributed by atoms with Crippen molar-refractivity contribution in [2.75, 3.05) is 13.2 Å². The molecular weight excluding hydrogens is 518 g/mol. The first-order valence-electron chi connectivity index (χ1n) is 8.06. The summed E-state index contributed by atoms with van der Waals surface area (Å²) < 4.78 is 122. The van der Waals surface area contributed by atoms with Crippen molar-refractivity contribution in [3.63, 3.8) is 0 Å². The van der Waals surface area contributed by atoms with Crippen LogP contribution in [-0.4, -0.2) is 23.4 Å². The first kappa shape index (κ1) is 30.2. The fourth-order valence-electron chi connectivity index (χ4n) is 1.83. The van der Waals surface area contributed by atoms with Crippen LogP contribution in [-0.2, 0) is 13.1 Å². The van der Waals surface area contributed by atoms with Crippen molar-refractivity contribution in [1.29, 1.82) is 0 Å². The van der Waals surface area contributed by atoms with Crippen LogP contribution in [0.3, 0.4) is 0 Å². The van der Waals surface area contributed by atoms with Gasteiger partial charge in [-0.3, -0.25) is 0 Å². The number of hydrogen-bond acceptors (Lipinski definition) is 2. The number of nitrogens with zero attached hydrogens (tertiary/aromatic N) is 2. The van der Waals surface area contributed by atoms with Gasteiger partial charge >= 0.3 is 66.0 Å². The monoisotopic (exact) mass is 536 g/mol. The van der Waals surface area contributed by atoms with Gasteiger partial charge in [-0.1, -0.05) is 0 Å². The Morgan fingerprint density at radius 2 is 0.688 bits per heavy atom. The number of aliphatic hydroxyl groups is 2. The largest absolute Gasteiger partial charge is 0.390 e. The van der Waals surface area contributed by atoms with Crippen molar-refractivity contribution in [3.8, 4) is 11.1 Å². The van der Waals surface area contributed by atoms with Crippen molar-refractivity contribution < 1.29 is 69.7 Å². The molecule has 32 heavy (non-hydrogen) atoms. The fraction of sp³-hybridized carbons (Fsp3) is 0.286. The molecule has 2 rings (SSSR count). The minimum atomic E-state index is -10.7. The van der Waals surface area contributed by atoms with E-state index < -0.39 is 15.6 Å². The van der Waals surface area contributed by atoms with Gasteiger partial charge in [0.2, 0.25) is 0 Å². The van der Waals surface area contributed by atoms with E-state index in [0.29, 0.717) is 13.1 Å². The van der Waals surface area contributed by atoms with E-state index >= 15 is 0 Å². The van der Waals surface area contributed by atoms with Gasteiger partial charge in [-0.05, 0) is 11.1 Å². The van der Waals surface area contributed by atoms with Gasteiger partial charge in [-0.15, -0.1) is 0 Å². The molecule has 0 spiro atoms. The van der Waals surface area contributed by atoms with E-state index in [1.165, 1.54) is 0 Å². The smallest absolute Gasteiger partial charge is 0.171 e. The van der Waals surface area contributed by atoms with Crippen LogP contribution >= 0.6 is 15.6 Å². The van der Waals surface area contributed by atoms with Gasteiger partial charge in [0.15, 0.2) is 37.9 Å². The first-order valence-corrected chi connectivity index (χ1v) is 12.1.